The second kappa shape index (κ2) is 5.78. The predicted octanol–water partition coefficient (Wildman–Crippen LogP) is 5.08. The van der Waals surface area contributed by atoms with Crippen molar-refractivity contribution in [1.82, 2.24) is 9.78 Å². The molecule has 3 nitrogen and oxygen atoms in total. The largest absolute Gasteiger partial charge is 0.374 e. The van der Waals surface area contributed by atoms with Crippen LogP contribution < -0.4 is 0 Å². The molecular weight excluding hydrogens is 327 g/mol. The van der Waals surface area contributed by atoms with Gasteiger partial charge in [0.2, 0.25) is 0 Å². The summed E-state index contributed by atoms with van der Waals surface area (Å²) < 4.78 is 21.7. The maximum absolute atomic E-state index is 13.3. The van der Waals surface area contributed by atoms with Crippen molar-refractivity contribution < 1.29 is 9.13 Å². The van der Waals surface area contributed by atoms with E-state index < -0.39 is 0 Å². The highest BCUT2D eigenvalue weighted by Gasteiger charge is 2.54. The van der Waals surface area contributed by atoms with E-state index in [1.165, 1.54) is 55.4 Å². The summed E-state index contributed by atoms with van der Waals surface area (Å²) in [4.78, 5) is 0. The third-order valence-electron chi connectivity index (χ3n) is 6.91. The van der Waals surface area contributed by atoms with Gasteiger partial charge in [-0.2, -0.15) is 5.10 Å². The Labute approximate surface area is 153 Å². The molecule has 0 radical (unpaired) electrons. The zero-order chi connectivity index (χ0) is 17.8. The Balaban J connectivity index is 1.58. The van der Waals surface area contributed by atoms with Crippen LogP contribution in [0, 0.1) is 11.2 Å². The molecule has 5 rings (SSSR count). The molecule has 4 heteroatoms. The Hall–Kier alpha value is -1.94. The summed E-state index contributed by atoms with van der Waals surface area (Å²) in [5, 5.41) is 4.63. The zero-order valence-corrected chi connectivity index (χ0v) is 15.3. The summed E-state index contributed by atoms with van der Waals surface area (Å²) in [6.07, 6.45) is 12.4. The van der Waals surface area contributed by atoms with Gasteiger partial charge in [0.15, 0.2) is 0 Å². The number of fused-ring (bicyclic) bond motifs is 3. The molecule has 26 heavy (non-hydrogen) atoms. The maximum Gasteiger partial charge on any atom is 0.123 e. The normalized spacial score (nSPS) is 30.6. The highest BCUT2D eigenvalue weighted by Crippen LogP contribution is 2.57. The molecule has 2 atom stereocenters. The topological polar surface area (TPSA) is 27.1 Å². The highest BCUT2D eigenvalue weighted by molar-refractivity contribution is 5.62. The lowest BCUT2D eigenvalue weighted by Gasteiger charge is -2.56. The van der Waals surface area contributed by atoms with E-state index >= 15 is 0 Å². The van der Waals surface area contributed by atoms with Gasteiger partial charge in [0.1, 0.15) is 5.82 Å². The third kappa shape index (κ3) is 2.24. The fourth-order valence-electron chi connectivity index (χ4n) is 5.42. The summed E-state index contributed by atoms with van der Waals surface area (Å²) in [7, 11) is 0. The molecule has 0 amide bonds. The van der Waals surface area contributed by atoms with Crippen LogP contribution >= 0.6 is 0 Å². The lowest BCUT2D eigenvalue weighted by atomic mass is 9.55. The van der Waals surface area contributed by atoms with Gasteiger partial charge in [0.25, 0.3) is 0 Å². The Kier molecular flexibility index (Phi) is 3.61. The van der Waals surface area contributed by atoms with Crippen LogP contribution in [0.15, 0.2) is 36.0 Å². The molecule has 2 fully saturated rings. The van der Waals surface area contributed by atoms with Gasteiger partial charge in [-0.15, -0.1) is 0 Å². The molecule has 1 aromatic heterocycles. The van der Waals surface area contributed by atoms with Crippen LogP contribution in [-0.4, -0.2) is 22.0 Å². The molecule has 0 N–H and O–H groups in total. The molecule has 136 valence electrons. The summed E-state index contributed by atoms with van der Waals surface area (Å²) in [5.41, 5.74) is 4.89. The van der Waals surface area contributed by atoms with Crippen LogP contribution in [0.4, 0.5) is 4.39 Å². The average molecular weight is 352 g/mol. The molecule has 1 aromatic carbocycles. The average Bonchev–Trinajstić information content (AvgIpc) is 3.05. The van der Waals surface area contributed by atoms with Crippen LogP contribution in [-0.2, 0) is 11.2 Å². The van der Waals surface area contributed by atoms with Crippen molar-refractivity contribution in [2.24, 2.45) is 5.41 Å². The standard InChI is InChI=1S/C22H25FN2O/c1-21-14-16-15-24-25(19-8-6-18(23)7-9-19)20(16)13-17(21)5-4-11-22(21)10-2-3-12-26-22/h6-9,13,15H,2-5,10-12,14H2,1H3/t21-,22-/m0/s1. The first-order valence-corrected chi connectivity index (χ1v) is 9.79. The van der Waals surface area contributed by atoms with Crippen LogP contribution in [0.25, 0.3) is 11.8 Å². The van der Waals surface area contributed by atoms with Gasteiger partial charge in [0, 0.05) is 12.0 Å². The van der Waals surface area contributed by atoms with Crippen molar-refractivity contribution in [3.63, 3.8) is 0 Å². The number of rotatable bonds is 1. The van der Waals surface area contributed by atoms with Crippen LogP contribution in [0.5, 0.6) is 0 Å². The number of benzene rings is 1. The molecule has 0 unspecified atom stereocenters. The van der Waals surface area contributed by atoms with Crippen molar-refractivity contribution in [3.05, 3.63) is 53.1 Å². The van der Waals surface area contributed by atoms with Crippen molar-refractivity contribution in [3.8, 4) is 5.69 Å². The van der Waals surface area contributed by atoms with Crippen molar-refractivity contribution in [2.75, 3.05) is 6.61 Å². The van der Waals surface area contributed by atoms with Gasteiger partial charge in [-0.3, -0.25) is 0 Å². The van der Waals surface area contributed by atoms with E-state index in [4.69, 9.17) is 4.74 Å². The van der Waals surface area contributed by atoms with E-state index in [0.717, 1.165) is 30.8 Å². The molecular formula is C22H25FN2O. The van der Waals surface area contributed by atoms with Crippen molar-refractivity contribution in [2.45, 2.75) is 57.5 Å². The van der Waals surface area contributed by atoms with Gasteiger partial charge in [-0.1, -0.05) is 12.5 Å². The second-order valence-electron chi connectivity index (χ2n) is 8.28. The molecule has 1 saturated heterocycles. The van der Waals surface area contributed by atoms with E-state index in [0.29, 0.717) is 0 Å². The lowest BCUT2D eigenvalue weighted by molar-refractivity contribution is -0.157. The molecule has 1 spiro atoms. The molecule has 3 aliphatic rings. The number of hydrogen-bond donors (Lipinski definition) is 0. The van der Waals surface area contributed by atoms with Crippen LogP contribution in [0.2, 0.25) is 0 Å². The monoisotopic (exact) mass is 352 g/mol. The fraction of sp³-hybridized carbons (Fsp3) is 0.500. The molecule has 1 saturated carbocycles. The van der Waals surface area contributed by atoms with Gasteiger partial charge >= 0.3 is 0 Å². The van der Waals surface area contributed by atoms with E-state index in [-0.39, 0.29) is 16.8 Å². The van der Waals surface area contributed by atoms with Crippen LogP contribution in [0.3, 0.4) is 0 Å². The summed E-state index contributed by atoms with van der Waals surface area (Å²) >= 11 is 0. The number of hydrogen-bond acceptors (Lipinski definition) is 2. The number of halogens is 1. The Morgan fingerprint density at radius 3 is 2.69 bits per heavy atom. The minimum atomic E-state index is -0.218. The van der Waals surface area contributed by atoms with Crippen molar-refractivity contribution in [1.29, 1.82) is 0 Å². The van der Waals surface area contributed by atoms with Gasteiger partial charge in [-0.05, 0) is 80.9 Å². The Bertz CT molecular complexity index is 855. The summed E-state index contributed by atoms with van der Waals surface area (Å²) in [5.74, 6) is -0.218. The van der Waals surface area contributed by atoms with E-state index in [2.05, 4.69) is 18.1 Å². The number of nitrogens with zero attached hydrogens (tertiary/aromatic N) is 2. The van der Waals surface area contributed by atoms with E-state index in [9.17, 15) is 4.39 Å². The first kappa shape index (κ1) is 16.2. The van der Waals surface area contributed by atoms with E-state index in [1.54, 1.807) is 12.1 Å². The maximum atomic E-state index is 13.3. The number of aromatic nitrogens is 2. The highest BCUT2D eigenvalue weighted by atomic mass is 19.1. The molecule has 1 aliphatic heterocycles. The zero-order valence-electron chi connectivity index (χ0n) is 15.3. The smallest absolute Gasteiger partial charge is 0.123 e. The first-order chi connectivity index (χ1) is 12.6. The SMILES string of the molecule is C[C@]12Cc3cnn(-c4ccc(F)cc4)c3C=C1CCC[C@@]21CCCCO1. The Morgan fingerprint density at radius 1 is 1.12 bits per heavy atom. The predicted molar refractivity (Wildman–Crippen MR) is 99.7 cm³/mol. The van der Waals surface area contributed by atoms with Crippen LogP contribution in [0.1, 0.15) is 56.7 Å². The van der Waals surface area contributed by atoms with E-state index in [1.807, 2.05) is 10.9 Å². The summed E-state index contributed by atoms with van der Waals surface area (Å²) in [6, 6.07) is 6.58. The third-order valence-corrected chi connectivity index (χ3v) is 6.91. The first-order valence-electron chi connectivity index (χ1n) is 9.79. The fourth-order valence-corrected chi connectivity index (χ4v) is 5.42. The molecule has 2 aliphatic carbocycles. The molecule has 2 aromatic rings. The minimum Gasteiger partial charge on any atom is -0.374 e. The quantitative estimate of drug-likeness (QED) is 0.715. The minimum absolute atomic E-state index is 0.00893. The number of ether oxygens (including phenoxy) is 1. The summed E-state index contributed by atoms with van der Waals surface area (Å²) in [6.45, 7) is 3.30. The second-order valence-corrected chi connectivity index (χ2v) is 8.28. The van der Waals surface area contributed by atoms with Gasteiger partial charge in [-0.25, -0.2) is 9.07 Å². The molecule has 2 heterocycles. The van der Waals surface area contributed by atoms with Gasteiger partial charge in [0.05, 0.1) is 23.2 Å². The molecule has 0 bridgehead atoms. The van der Waals surface area contributed by atoms with Gasteiger partial charge < -0.3 is 4.74 Å². The van der Waals surface area contributed by atoms with Crippen molar-refractivity contribution >= 4 is 6.08 Å². The lowest BCUT2D eigenvalue weighted by Crippen LogP contribution is -2.55. The Morgan fingerprint density at radius 2 is 1.92 bits per heavy atom.